The highest BCUT2D eigenvalue weighted by Gasteiger charge is 2.17. The van der Waals surface area contributed by atoms with E-state index in [9.17, 15) is 25.0 Å². The Bertz CT molecular complexity index is 1840. The largest absolute Gasteiger partial charge is 0.483 e. The van der Waals surface area contributed by atoms with Crippen LogP contribution in [0.15, 0.2) is 74.7 Å². The van der Waals surface area contributed by atoms with E-state index in [1.807, 2.05) is 12.1 Å². The average molecular weight is 558 g/mol. The number of nitro groups is 1. The number of allylic oxidation sites excluding steroid dienone is 1. The molecule has 0 saturated carbocycles. The van der Waals surface area contributed by atoms with Gasteiger partial charge in [0.05, 0.1) is 21.8 Å². The predicted octanol–water partition coefficient (Wildman–Crippen LogP) is 5.36. The van der Waals surface area contributed by atoms with Gasteiger partial charge in [-0.05, 0) is 24.3 Å². The molecule has 0 atom stereocenters. The summed E-state index contributed by atoms with van der Waals surface area (Å²) in [5, 5.41) is 28.6. The molecular weight excluding hydrogens is 542 g/mol. The van der Waals surface area contributed by atoms with Crippen LogP contribution >= 0.6 is 22.7 Å². The van der Waals surface area contributed by atoms with Crippen molar-refractivity contribution in [3.63, 3.8) is 0 Å². The third-order valence-corrected chi connectivity index (χ3v) is 6.88. The molecular formula is C26H15N5O6S2. The number of hydrogen-bond acceptors (Lipinski definition) is 11. The molecule has 0 radical (unpaired) electrons. The SMILES string of the molecule is N#C/C(=C\c1cc([N+](=O)[O-])ccc1OCC(=O)Nc1nccs1)c1nc(-c2cc3ccccc3oc2=O)cs1. The molecule has 39 heavy (non-hydrogen) atoms. The number of thiazole rings is 2. The van der Waals surface area contributed by atoms with Gasteiger partial charge in [-0.1, -0.05) is 18.2 Å². The van der Waals surface area contributed by atoms with Crippen molar-refractivity contribution in [2.24, 2.45) is 0 Å². The first-order chi connectivity index (χ1) is 18.9. The summed E-state index contributed by atoms with van der Waals surface area (Å²) >= 11 is 2.36. The Morgan fingerprint density at radius 3 is 2.85 bits per heavy atom. The van der Waals surface area contributed by atoms with Crippen molar-refractivity contribution in [3.05, 3.63) is 96.6 Å². The summed E-state index contributed by atoms with van der Waals surface area (Å²) in [6.07, 6.45) is 2.92. The van der Waals surface area contributed by atoms with Crippen LogP contribution in [0, 0.1) is 21.4 Å². The molecule has 0 bridgehead atoms. The molecule has 0 aliphatic carbocycles. The van der Waals surface area contributed by atoms with E-state index in [-0.39, 0.29) is 39.8 Å². The molecule has 1 amide bonds. The minimum atomic E-state index is -0.581. The minimum absolute atomic E-state index is 0.0778. The molecule has 3 aromatic heterocycles. The number of hydrogen-bond donors (Lipinski definition) is 1. The number of carbonyl (C=O) groups excluding carboxylic acids is 1. The first-order valence-corrected chi connectivity index (χ1v) is 12.9. The normalized spacial score (nSPS) is 11.2. The lowest BCUT2D eigenvalue weighted by Gasteiger charge is -2.09. The van der Waals surface area contributed by atoms with E-state index < -0.39 is 16.5 Å². The van der Waals surface area contributed by atoms with Crippen LogP contribution in [0.3, 0.4) is 0 Å². The van der Waals surface area contributed by atoms with Crippen molar-refractivity contribution >= 4 is 62.0 Å². The fourth-order valence-corrected chi connectivity index (χ4v) is 4.87. The second kappa shape index (κ2) is 11.1. The molecule has 5 aromatic rings. The van der Waals surface area contributed by atoms with Gasteiger partial charge in [-0.15, -0.1) is 22.7 Å². The zero-order valence-electron chi connectivity index (χ0n) is 19.7. The van der Waals surface area contributed by atoms with Crippen LogP contribution in [-0.4, -0.2) is 27.4 Å². The molecule has 3 heterocycles. The maximum atomic E-state index is 12.5. The van der Waals surface area contributed by atoms with E-state index in [2.05, 4.69) is 15.3 Å². The number of nitro benzene ring substituents is 1. The molecule has 0 aliphatic heterocycles. The lowest BCUT2D eigenvalue weighted by molar-refractivity contribution is -0.384. The third kappa shape index (κ3) is 5.72. The summed E-state index contributed by atoms with van der Waals surface area (Å²) in [7, 11) is 0. The van der Waals surface area contributed by atoms with Crippen molar-refractivity contribution in [3.8, 4) is 23.1 Å². The number of para-hydroxylation sites is 1. The number of aromatic nitrogens is 2. The second-order valence-electron chi connectivity index (χ2n) is 7.85. The highest BCUT2D eigenvalue weighted by Crippen LogP contribution is 2.31. The number of ether oxygens (including phenoxy) is 1. The third-order valence-electron chi connectivity index (χ3n) is 5.31. The Balaban J connectivity index is 1.45. The molecule has 0 spiro atoms. The molecule has 0 fully saturated rings. The molecule has 0 unspecified atom stereocenters. The van der Waals surface area contributed by atoms with Gasteiger partial charge in [-0.3, -0.25) is 20.2 Å². The van der Waals surface area contributed by atoms with Crippen molar-refractivity contribution in [2.75, 3.05) is 11.9 Å². The minimum Gasteiger partial charge on any atom is -0.483 e. The van der Waals surface area contributed by atoms with Gasteiger partial charge in [0.2, 0.25) is 0 Å². The highest BCUT2D eigenvalue weighted by molar-refractivity contribution is 7.13. The van der Waals surface area contributed by atoms with Gasteiger partial charge in [0, 0.05) is 40.0 Å². The number of fused-ring (bicyclic) bond motifs is 1. The number of benzene rings is 2. The Morgan fingerprint density at radius 2 is 2.08 bits per heavy atom. The number of nitrogens with one attached hydrogen (secondary N) is 1. The van der Waals surface area contributed by atoms with Gasteiger partial charge >= 0.3 is 5.63 Å². The summed E-state index contributed by atoms with van der Waals surface area (Å²) < 4.78 is 11.0. The molecule has 192 valence electrons. The van der Waals surface area contributed by atoms with E-state index >= 15 is 0 Å². The quantitative estimate of drug-likeness (QED) is 0.114. The lowest BCUT2D eigenvalue weighted by atomic mass is 10.1. The smallest absolute Gasteiger partial charge is 0.345 e. The lowest BCUT2D eigenvalue weighted by Crippen LogP contribution is -2.20. The molecule has 11 nitrogen and oxygen atoms in total. The molecule has 2 aromatic carbocycles. The van der Waals surface area contributed by atoms with E-state index in [0.717, 1.165) is 16.7 Å². The average Bonchev–Trinajstić information content (AvgIpc) is 3.63. The van der Waals surface area contributed by atoms with Crippen LogP contribution in [0.2, 0.25) is 0 Å². The summed E-state index contributed by atoms with van der Waals surface area (Å²) in [5.74, 6) is -0.327. The number of carbonyl (C=O) groups is 1. The number of non-ortho nitro benzene ring substituents is 1. The zero-order valence-corrected chi connectivity index (χ0v) is 21.3. The molecule has 0 saturated heterocycles. The molecule has 5 rings (SSSR count). The molecule has 0 aliphatic rings. The van der Waals surface area contributed by atoms with Gasteiger partial charge in [0.1, 0.15) is 22.4 Å². The fourth-order valence-electron chi connectivity index (χ4n) is 3.54. The van der Waals surface area contributed by atoms with Crippen molar-refractivity contribution < 1.29 is 18.9 Å². The fraction of sp³-hybridized carbons (Fsp3) is 0.0385. The Morgan fingerprint density at radius 1 is 1.23 bits per heavy atom. The van der Waals surface area contributed by atoms with E-state index in [1.54, 1.807) is 41.2 Å². The van der Waals surface area contributed by atoms with Crippen LogP contribution in [0.4, 0.5) is 10.8 Å². The Labute approximate surface area is 227 Å². The van der Waals surface area contributed by atoms with Gasteiger partial charge in [-0.2, -0.15) is 5.26 Å². The first kappa shape index (κ1) is 25.5. The molecule has 13 heteroatoms. The van der Waals surface area contributed by atoms with E-state index in [4.69, 9.17) is 9.15 Å². The van der Waals surface area contributed by atoms with Crippen LogP contribution in [-0.2, 0) is 4.79 Å². The van der Waals surface area contributed by atoms with Gasteiger partial charge in [-0.25, -0.2) is 14.8 Å². The Hall–Kier alpha value is -5.19. The monoisotopic (exact) mass is 557 g/mol. The molecule has 1 N–H and O–H groups in total. The topological polar surface area (TPSA) is 161 Å². The maximum Gasteiger partial charge on any atom is 0.345 e. The van der Waals surface area contributed by atoms with Crippen molar-refractivity contribution in [1.29, 1.82) is 5.26 Å². The number of amides is 1. The maximum absolute atomic E-state index is 12.5. The van der Waals surface area contributed by atoms with Crippen LogP contribution in [0.1, 0.15) is 10.6 Å². The first-order valence-electron chi connectivity index (χ1n) is 11.1. The highest BCUT2D eigenvalue weighted by atomic mass is 32.1. The number of nitrogens with zero attached hydrogens (tertiary/aromatic N) is 4. The van der Waals surface area contributed by atoms with Gasteiger partial charge < -0.3 is 9.15 Å². The van der Waals surface area contributed by atoms with Crippen LogP contribution < -0.4 is 15.7 Å². The van der Waals surface area contributed by atoms with Gasteiger partial charge in [0.15, 0.2) is 11.7 Å². The van der Waals surface area contributed by atoms with Crippen LogP contribution in [0.25, 0.3) is 33.9 Å². The second-order valence-corrected chi connectivity index (χ2v) is 9.60. The van der Waals surface area contributed by atoms with Crippen molar-refractivity contribution in [1.82, 2.24) is 9.97 Å². The zero-order chi connectivity index (χ0) is 27.4. The van der Waals surface area contributed by atoms with E-state index in [1.165, 1.54) is 35.6 Å². The van der Waals surface area contributed by atoms with Crippen LogP contribution in [0.5, 0.6) is 5.75 Å². The van der Waals surface area contributed by atoms with E-state index in [0.29, 0.717) is 16.4 Å². The number of anilines is 1. The summed E-state index contributed by atoms with van der Waals surface area (Å²) in [6.45, 7) is -0.390. The summed E-state index contributed by atoms with van der Waals surface area (Å²) in [4.78, 5) is 44.0. The standard InChI is InChI=1S/C26H15N5O6S2/c27-12-17(24-29-20(14-39-24)19-11-15-3-1-2-4-22(15)37-25(19)33)9-16-10-18(31(34)35)5-6-21(16)36-13-23(32)30-26-28-7-8-38-26/h1-11,14H,13H2,(H,28,30,32)/b17-9+. The Kier molecular flexibility index (Phi) is 7.21. The predicted molar refractivity (Wildman–Crippen MR) is 146 cm³/mol. The summed E-state index contributed by atoms with van der Waals surface area (Å²) in [5.41, 5.74) is 0.478. The summed E-state index contributed by atoms with van der Waals surface area (Å²) in [6, 6.07) is 14.6. The number of rotatable bonds is 8. The van der Waals surface area contributed by atoms with Gasteiger partial charge in [0.25, 0.3) is 11.6 Å². The number of nitriles is 1. The van der Waals surface area contributed by atoms with Crippen molar-refractivity contribution in [2.45, 2.75) is 0 Å².